The second-order valence-electron chi connectivity index (χ2n) is 11.7. The summed E-state index contributed by atoms with van der Waals surface area (Å²) in [5, 5.41) is 40.1. The number of carboxylic acids is 1. The van der Waals surface area contributed by atoms with Gasteiger partial charge >= 0.3 is 39.4 Å². The quantitative estimate of drug-likeness (QED) is 0.0449. The van der Waals surface area contributed by atoms with Crippen molar-refractivity contribution in [1.29, 1.82) is 0 Å². The van der Waals surface area contributed by atoms with Crippen LogP contribution in [0.3, 0.4) is 0 Å². The van der Waals surface area contributed by atoms with Gasteiger partial charge in [0.1, 0.15) is 5.75 Å². The predicted molar refractivity (Wildman–Crippen MR) is 176 cm³/mol. The van der Waals surface area contributed by atoms with Gasteiger partial charge in [-0.05, 0) is 44.9 Å². The maximum Gasteiger partial charge on any atom is 2.00 e. The zero-order valence-electron chi connectivity index (χ0n) is 29.1. The summed E-state index contributed by atoms with van der Waals surface area (Å²) in [6, 6.07) is 4.76. The largest absolute Gasteiger partial charge is 2.00 e. The van der Waals surface area contributed by atoms with E-state index in [4.69, 9.17) is 27.7 Å². The monoisotopic (exact) mass is 647 g/mol. The Morgan fingerprint density at radius 2 is 1.26 bits per heavy atom. The normalized spacial score (nSPS) is 11.8. The van der Waals surface area contributed by atoms with Crippen molar-refractivity contribution < 1.29 is 45.6 Å². The Labute approximate surface area is 279 Å². The van der Waals surface area contributed by atoms with Crippen molar-refractivity contribution in [3.63, 3.8) is 0 Å². The van der Waals surface area contributed by atoms with E-state index in [9.17, 15) is 15.0 Å². The number of benzene rings is 1. The molecule has 0 aliphatic heterocycles. The molecule has 1 atom stereocenters. The van der Waals surface area contributed by atoms with Crippen LogP contribution in [0.5, 0.6) is 5.75 Å². The summed E-state index contributed by atoms with van der Waals surface area (Å²) in [6.45, 7) is 8.53. The Morgan fingerprint density at radius 1 is 0.860 bits per heavy atom. The molecule has 252 valence electrons. The number of phenols is 1. The zero-order chi connectivity index (χ0) is 32.4. The first-order chi connectivity index (χ1) is 19.6. The van der Waals surface area contributed by atoms with E-state index in [1.807, 2.05) is 20.8 Å². The predicted octanol–water partition coefficient (Wildman–Crippen LogP) is 6.83. The van der Waals surface area contributed by atoms with Gasteiger partial charge in [-0.25, -0.2) is 0 Å². The number of nitrogens with one attached hydrogen (secondary N) is 1. The van der Waals surface area contributed by atoms with Crippen molar-refractivity contribution in [3.8, 4) is 5.75 Å². The van der Waals surface area contributed by atoms with Gasteiger partial charge in [0, 0.05) is 24.1 Å². The van der Waals surface area contributed by atoms with Crippen LogP contribution in [-0.2, 0) is 21.8 Å². The molecule has 7 N–H and O–H groups in total. The molecule has 0 aliphatic rings. The molecule has 0 heterocycles. The van der Waals surface area contributed by atoms with Gasteiger partial charge in [-0.15, -0.1) is 0 Å². The fraction of sp³-hybridized carbons (Fsp3) is 0.774. The minimum absolute atomic E-state index is 0. The van der Waals surface area contributed by atoms with Gasteiger partial charge in [0.15, 0.2) is 0 Å². The van der Waals surface area contributed by atoms with Crippen LogP contribution in [0.25, 0.3) is 0 Å². The number of hydrogen-bond donors (Lipinski definition) is 7. The number of aromatic hydroxyl groups is 1. The van der Waals surface area contributed by atoms with E-state index >= 15 is 0 Å². The molecule has 12 heteroatoms. The number of aliphatic carboxylic acids is 1. The Bertz CT molecular complexity index is 913. The smallest absolute Gasteiger partial charge is 1.00 e. The summed E-state index contributed by atoms with van der Waals surface area (Å²) < 4.78 is 31.6. The van der Waals surface area contributed by atoms with E-state index in [1.54, 1.807) is 12.1 Å². The van der Waals surface area contributed by atoms with Crippen molar-refractivity contribution >= 4 is 39.4 Å². The van der Waals surface area contributed by atoms with Crippen LogP contribution in [0.4, 0.5) is 0 Å². The molecule has 1 unspecified atom stereocenters. The van der Waals surface area contributed by atoms with Crippen LogP contribution < -0.4 is 5.32 Å². The topological polar surface area (TPSA) is 185 Å². The molecule has 1 aromatic carbocycles. The Morgan fingerprint density at radius 3 is 1.60 bits per heavy atom. The van der Waals surface area contributed by atoms with E-state index in [0.29, 0.717) is 24.1 Å². The van der Waals surface area contributed by atoms with Crippen molar-refractivity contribution in [2.75, 3.05) is 6.54 Å². The molecule has 0 spiro atoms. The van der Waals surface area contributed by atoms with Crippen molar-refractivity contribution in [3.05, 3.63) is 29.3 Å². The molecule has 0 aliphatic carbocycles. The first kappa shape index (κ1) is 46.4. The van der Waals surface area contributed by atoms with Gasteiger partial charge in [-0.1, -0.05) is 103 Å². The minimum atomic E-state index is -4.67. The third-order valence-electron chi connectivity index (χ3n) is 6.48. The fourth-order valence-electron chi connectivity index (χ4n) is 4.11. The average Bonchev–Trinajstić information content (AvgIpc) is 2.88. The Balaban J connectivity index is -0.000000196. The summed E-state index contributed by atoms with van der Waals surface area (Å²) in [7, 11) is -4.67. The van der Waals surface area contributed by atoms with Crippen LogP contribution in [0.15, 0.2) is 18.2 Å². The first-order valence-electron chi connectivity index (χ1n) is 15.4. The van der Waals surface area contributed by atoms with E-state index in [0.717, 1.165) is 12.8 Å². The summed E-state index contributed by atoms with van der Waals surface area (Å²) in [4.78, 5) is 10.3. The second-order valence-corrected chi connectivity index (χ2v) is 12.6. The number of unbranched alkanes of at least 4 members (excludes halogenated alkanes) is 14. The Hall–Kier alpha value is -0.994. The molecule has 0 bridgehead atoms. The molecular formula is C31H61MgNO9S. The molecule has 0 amide bonds. The van der Waals surface area contributed by atoms with Crippen molar-refractivity contribution in [1.82, 2.24) is 5.32 Å². The molecule has 1 aromatic rings. The van der Waals surface area contributed by atoms with Gasteiger partial charge in [-0.3, -0.25) is 13.9 Å². The van der Waals surface area contributed by atoms with E-state index < -0.39 is 22.5 Å². The van der Waals surface area contributed by atoms with Gasteiger partial charge < -0.3 is 28.6 Å². The van der Waals surface area contributed by atoms with Crippen LogP contribution in [0.2, 0.25) is 0 Å². The average molecular weight is 648 g/mol. The molecular weight excluding hydrogens is 587 g/mol. The van der Waals surface area contributed by atoms with Crippen LogP contribution >= 0.6 is 0 Å². The maximum atomic E-state index is 10.3. The standard InChI is InChI=1S/C18H36O2.C13H21NO3.Mg.H2O4S.2H/c1-2-3-4-5-6-7-8-9-10-11-12-13-14-15-16-17-18(19)20;1-13(2,3)14-7-12(17)9-4-5-11(16)10(6-9)8-15;;1-5(2,3)4;;/h2-17H2,1H3,(H,19,20);4-6,12,14-17H,7-8H2,1-3H3;;(H2,1,2,3,4);;/q;;+2;;2*-1. The summed E-state index contributed by atoms with van der Waals surface area (Å²) in [5.41, 5.74) is 1.05. The van der Waals surface area contributed by atoms with Crippen LogP contribution in [-0.4, -0.2) is 79.1 Å². The maximum absolute atomic E-state index is 10.3. The SMILES string of the molecule is CC(C)(C)NCC(O)c1ccc(O)c(CO)c1.CCCCCCCCCCCCCCCCCC(=O)O.O=S(=O)(O)O.[H-].[H-].[Mg+2]. The number of hydrogen-bond acceptors (Lipinski definition) is 7. The summed E-state index contributed by atoms with van der Waals surface area (Å²) in [5.74, 6) is -0.605. The Kier molecular flexibility index (Phi) is 30.7. The minimum Gasteiger partial charge on any atom is -1.00 e. The molecule has 0 fully saturated rings. The summed E-state index contributed by atoms with van der Waals surface area (Å²) >= 11 is 0. The number of carboxylic acid groups (broad SMARTS) is 1. The van der Waals surface area contributed by atoms with Crippen molar-refractivity contribution in [2.24, 2.45) is 0 Å². The number of rotatable bonds is 20. The van der Waals surface area contributed by atoms with Crippen LogP contribution in [0, 0.1) is 0 Å². The summed E-state index contributed by atoms with van der Waals surface area (Å²) in [6.07, 6.45) is 19.5. The van der Waals surface area contributed by atoms with E-state index in [2.05, 4.69) is 12.2 Å². The third kappa shape index (κ3) is 37.1. The van der Waals surface area contributed by atoms with E-state index in [1.165, 1.54) is 89.5 Å². The van der Waals surface area contributed by atoms with Gasteiger partial charge in [0.2, 0.25) is 0 Å². The third-order valence-corrected chi connectivity index (χ3v) is 6.48. The zero-order valence-corrected chi connectivity index (χ0v) is 29.3. The number of aliphatic hydroxyl groups is 2. The van der Waals surface area contributed by atoms with Gasteiger partial charge in [-0.2, -0.15) is 8.42 Å². The molecule has 0 saturated heterocycles. The first-order valence-corrected chi connectivity index (χ1v) is 16.8. The molecule has 10 nitrogen and oxygen atoms in total. The number of aliphatic hydroxyl groups excluding tert-OH is 2. The fourth-order valence-corrected chi connectivity index (χ4v) is 4.11. The molecule has 43 heavy (non-hydrogen) atoms. The number of β-amino-alcohol motifs (C(OH)–C–C–N with tert-alkyl or cyclic N) is 1. The van der Waals surface area contributed by atoms with Gasteiger partial charge in [0.25, 0.3) is 0 Å². The molecule has 0 saturated carbocycles. The molecule has 1 rings (SSSR count). The molecule has 0 radical (unpaired) electrons. The van der Waals surface area contributed by atoms with E-state index in [-0.39, 0.29) is 43.8 Å². The van der Waals surface area contributed by atoms with Gasteiger partial charge in [0.05, 0.1) is 12.7 Å². The van der Waals surface area contributed by atoms with Crippen LogP contribution in [0.1, 0.15) is 151 Å². The molecule has 0 aromatic heterocycles. The van der Waals surface area contributed by atoms with Crippen molar-refractivity contribution in [2.45, 2.75) is 149 Å². The second kappa shape index (κ2) is 28.5. The number of carbonyl (C=O) groups is 1.